The first-order valence-electron chi connectivity index (χ1n) is 9.93. The minimum absolute atomic E-state index is 0.189. The topological polar surface area (TPSA) is 98.2 Å². The zero-order chi connectivity index (χ0) is 24.5. The van der Waals surface area contributed by atoms with E-state index in [0.29, 0.717) is 38.5 Å². The Balaban J connectivity index is 1.65. The predicted molar refractivity (Wildman–Crippen MR) is 131 cm³/mol. The van der Waals surface area contributed by atoms with Crippen molar-refractivity contribution in [3.05, 3.63) is 81.8 Å². The molecule has 10 heteroatoms. The number of hydrogen-bond acceptors (Lipinski definition) is 6. The summed E-state index contributed by atoms with van der Waals surface area (Å²) in [6, 6.07) is 16.9. The van der Waals surface area contributed by atoms with Crippen molar-refractivity contribution in [2.24, 2.45) is 5.10 Å². The maximum Gasteiger partial charge on any atom is 0.329 e. The minimum atomic E-state index is -0.937. The Labute approximate surface area is 206 Å². The Morgan fingerprint density at radius 3 is 2.38 bits per heavy atom. The quantitative estimate of drug-likeness (QED) is 0.265. The first-order valence-corrected chi connectivity index (χ1v) is 10.7. The lowest BCUT2D eigenvalue weighted by Gasteiger charge is -2.13. The largest absolute Gasteiger partial charge is 0.497 e. The van der Waals surface area contributed by atoms with Crippen LogP contribution in [0.15, 0.2) is 65.8 Å². The smallest absolute Gasteiger partial charge is 0.329 e. The Hall–Kier alpha value is -3.75. The summed E-state index contributed by atoms with van der Waals surface area (Å²) in [4.78, 5) is 24.2. The van der Waals surface area contributed by atoms with Gasteiger partial charge in [-0.3, -0.25) is 9.59 Å². The second kappa shape index (κ2) is 11.9. The SMILES string of the molecule is COc1ccc(NC(=O)C(=O)N/N=C\c2cccc(OC)c2OCc2ccc(Cl)c(Cl)c2)cc1. The van der Waals surface area contributed by atoms with Crippen molar-refractivity contribution in [3.63, 3.8) is 0 Å². The van der Waals surface area contributed by atoms with Gasteiger partial charge in [-0.2, -0.15) is 5.10 Å². The third-order valence-electron chi connectivity index (χ3n) is 4.52. The number of carbonyl (C=O) groups is 2. The number of carbonyl (C=O) groups excluding carboxylic acids is 2. The van der Waals surface area contributed by atoms with Crippen molar-refractivity contribution in [1.29, 1.82) is 0 Å². The van der Waals surface area contributed by atoms with E-state index in [0.717, 1.165) is 5.56 Å². The molecule has 3 rings (SSSR count). The standard InChI is InChI=1S/C24H21Cl2N3O5/c1-32-18-9-7-17(8-10-18)28-23(30)24(31)29-27-13-16-4-3-5-21(33-2)22(16)34-14-15-6-11-19(25)20(26)12-15/h3-13H,14H2,1-2H3,(H,28,30)(H,29,31)/b27-13-. The van der Waals surface area contributed by atoms with E-state index in [2.05, 4.69) is 15.8 Å². The summed E-state index contributed by atoms with van der Waals surface area (Å²) in [6.07, 6.45) is 1.35. The van der Waals surface area contributed by atoms with E-state index in [1.807, 2.05) is 0 Å². The van der Waals surface area contributed by atoms with Gasteiger partial charge in [0.15, 0.2) is 11.5 Å². The Morgan fingerprint density at radius 1 is 0.941 bits per heavy atom. The number of hydrogen-bond donors (Lipinski definition) is 2. The third-order valence-corrected chi connectivity index (χ3v) is 5.26. The average molecular weight is 502 g/mol. The monoisotopic (exact) mass is 501 g/mol. The number of halogens is 2. The van der Waals surface area contributed by atoms with Gasteiger partial charge in [-0.15, -0.1) is 0 Å². The van der Waals surface area contributed by atoms with Crippen molar-refractivity contribution in [3.8, 4) is 17.2 Å². The van der Waals surface area contributed by atoms with Gasteiger partial charge in [-0.05, 0) is 54.1 Å². The Bertz CT molecular complexity index is 1200. The van der Waals surface area contributed by atoms with E-state index in [-0.39, 0.29) is 6.61 Å². The van der Waals surface area contributed by atoms with Crippen LogP contribution in [0.4, 0.5) is 5.69 Å². The van der Waals surface area contributed by atoms with Crippen molar-refractivity contribution < 1.29 is 23.8 Å². The average Bonchev–Trinajstić information content (AvgIpc) is 2.85. The molecule has 0 bridgehead atoms. The summed E-state index contributed by atoms with van der Waals surface area (Å²) in [7, 11) is 3.04. The van der Waals surface area contributed by atoms with E-state index in [1.54, 1.807) is 60.7 Å². The van der Waals surface area contributed by atoms with Crippen LogP contribution in [0.1, 0.15) is 11.1 Å². The van der Waals surface area contributed by atoms with Crippen LogP contribution in [0, 0.1) is 0 Å². The molecule has 34 heavy (non-hydrogen) atoms. The molecule has 2 amide bonds. The number of anilines is 1. The van der Waals surface area contributed by atoms with E-state index in [4.69, 9.17) is 37.4 Å². The molecular formula is C24H21Cl2N3O5. The fourth-order valence-corrected chi connectivity index (χ4v) is 3.13. The first kappa shape index (κ1) is 24.9. The van der Waals surface area contributed by atoms with Crippen LogP contribution in [0.5, 0.6) is 17.2 Å². The number of methoxy groups -OCH3 is 2. The number of ether oxygens (including phenoxy) is 3. The minimum Gasteiger partial charge on any atom is -0.497 e. The second-order valence-electron chi connectivity index (χ2n) is 6.80. The Kier molecular flexibility index (Phi) is 8.73. The molecule has 2 N–H and O–H groups in total. The molecule has 0 aliphatic heterocycles. The van der Waals surface area contributed by atoms with Crippen LogP contribution >= 0.6 is 23.2 Å². The zero-order valence-electron chi connectivity index (χ0n) is 18.3. The van der Waals surface area contributed by atoms with Crippen LogP contribution < -0.4 is 25.0 Å². The normalized spacial score (nSPS) is 10.6. The molecule has 3 aromatic carbocycles. The molecule has 0 atom stereocenters. The molecule has 0 aromatic heterocycles. The molecule has 176 valence electrons. The van der Waals surface area contributed by atoms with Crippen LogP contribution in [0.25, 0.3) is 0 Å². The third kappa shape index (κ3) is 6.63. The summed E-state index contributed by atoms with van der Waals surface area (Å²) in [6.45, 7) is 0.189. The van der Waals surface area contributed by atoms with Crippen molar-refractivity contribution in [1.82, 2.24) is 5.43 Å². The van der Waals surface area contributed by atoms with Gasteiger partial charge in [0.25, 0.3) is 0 Å². The number of nitrogens with zero attached hydrogens (tertiary/aromatic N) is 1. The fraction of sp³-hybridized carbons (Fsp3) is 0.125. The van der Waals surface area contributed by atoms with E-state index < -0.39 is 11.8 Å². The lowest BCUT2D eigenvalue weighted by molar-refractivity contribution is -0.136. The van der Waals surface area contributed by atoms with Gasteiger partial charge < -0.3 is 19.5 Å². The molecule has 0 fully saturated rings. The highest BCUT2D eigenvalue weighted by molar-refractivity contribution is 6.42. The van der Waals surface area contributed by atoms with Gasteiger partial charge in [0, 0.05) is 11.3 Å². The maximum atomic E-state index is 12.1. The number of amides is 2. The predicted octanol–water partition coefficient (Wildman–Crippen LogP) is 4.68. The van der Waals surface area contributed by atoms with Gasteiger partial charge in [-0.1, -0.05) is 35.3 Å². The maximum absolute atomic E-state index is 12.1. The van der Waals surface area contributed by atoms with Gasteiger partial charge in [0.05, 0.1) is 30.5 Å². The highest BCUT2D eigenvalue weighted by atomic mass is 35.5. The molecule has 0 saturated carbocycles. The number of hydrazone groups is 1. The fourth-order valence-electron chi connectivity index (χ4n) is 2.81. The van der Waals surface area contributed by atoms with Gasteiger partial charge in [0.1, 0.15) is 12.4 Å². The van der Waals surface area contributed by atoms with E-state index in [1.165, 1.54) is 20.4 Å². The lowest BCUT2D eigenvalue weighted by Crippen LogP contribution is -2.32. The number of para-hydroxylation sites is 1. The number of rotatable bonds is 8. The molecule has 0 saturated heterocycles. The van der Waals surface area contributed by atoms with Crippen LogP contribution in [-0.4, -0.2) is 32.2 Å². The number of benzene rings is 3. The molecule has 0 spiro atoms. The molecule has 0 radical (unpaired) electrons. The lowest BCUT2D eigenvalue weighted by atomic mass is 10.2. The molecule has 3 aromatic rings. The van der Waals surface area contributed by atoms with Gasteiger partial charge in [-0.25, -0.2) is 5.43 Å². The van der Waals surface area contributed by atoms with E-state index in [9.17, 15) is 9.59 Å². The molecule has 0 aliphatic carbocycles. The van der Waals surface area contributed by atoms with Crippen molar-refractivity contribution in [2.75, 3.05) is 19.5 Å². The summed E-state index contributed by atoms with van der Waals surface area (Å²) in [5, 5.41) is 7.21. The van der Waals surface area contributed by atoms with Crippen LogP contribution in [0.2, 0.25) is 10.0 Å². The molecule has 0 heterocycles. The van der Waals surface area contributed by atoms with Gasteiger partial charge >= 0.3 is 11.8 Å². The molecular weight excluding hydrogens is 481 g/mol. The second-order valence-corrected chi connectivity index (χ2v) is 7.61. The summed E-state index contributed by atoms with van der Waals surface area (Å²) in [5.74, 6) is -0.316. The van der Waals surface area contributed by atoms with Crippen molar-refractivity contribution in [2.45, 2.75) is 6.61 Å². The first-order chi connectivity index (χ1) is 16.4. The van der Waals surface area contributed by atoms with Gasteiger partial charge in [0.2, 0.25) is 0 Å². The summed E-state index contributed by atoms with van der Waals surface area (Å²) < 4.78 is 16.3. The summed E-state index contributed by atoms with van der Waals surface area (Å²) >= 11 is 12.0. The van der Waals surface area contributed by atoms with E-state index >= 15 is 0 Å². The van der Waals surface area contributed by atoms with Crippen LogP contribution in [-0.2, 0) is 16.2 Å². The molecule has 0 unspecified atom stereocenters. The van der Waals surface area contributed by atoms with Crippen LogP contribution in [0.3, 0.4) is 0 Å². The zero-order valence-corrected chi connectivity index (χ0v) is 19.8. The Morgan fingerprint density at radius 2 is 1.71 bits per heavy atom. The highest BCUT2D eigenvalue weighted by Gasteiger charge is 2.14. The molecule has 0 aliphatic rings. The highest BCUT2D eigenvalue weighted by Crippen LogP contribution is 2.31. The number of nitrogens with one attached hydrogen (secondary N) is 2. The van der Waals surface area contributed by atoms with Crippen molar-refractivity contribution >= 4 is 46.9 Å². The molecule has 8 nitrogen and oxygen atoms in total. The summed E-state index contributed by atoms with van der Waals surface area (Å²) in [5.41, 5.74) is 3.95.